The number of carbonyl (C=O) groups excluding carboxylic acids is 3. The van der Waals surface area contributed by atoms with Crippen LogP contribution in [0.25, 0.3) is 0 Å². The van der Waals surface area contributed by atoms with E-state index in [-0.39, 0.29) is 76.4 Å². The van der Waals surface area contributed by atoms with Crippen LogP contribution in [0.2, 0.25) is 0 Å². The summed E-state index contributed by atoms with van der Waals surface area (Å²) in [6, 6.07) is 0. The summed E-state index contributed by atoms with van der Waals surface area (Å²) in [6.07, 6.45) is -7.00. The van der Waals surface area contributed by atoms with Gasteiger partial charge in [-0.05, 0) is 18.5 Å². The Balaban J connectivity index is -0.0000000270. The molecule has 0 atom stereocenters. The van der Waals surface area contributed by atoms with Crippen molar-refractivity contribution in [1.82, 2.24) is 0 Å². The molecule has 0 spiro atoms. The van der Waals surface area contributed by atoms with E-state index in [1.807, 2.05) is 0 Å². The van der Waals surface area contributed by atoms with Crippen LogP contribution < -0.4 is 30.6 Å². The van der Waals surface area contributed by atoms with Gasteiger partial charge in [-0.2, -0.15) is 0 Å². The van der Waals surface area contributed by atoms with Crippen molar-refractivity contribution in [1.29, 1.82) is 0 Å². The fourth-order valence-corrected chi connectivity index (χ4v) is 0. The van der Waals surface area contributed by atoms with Crippen molar-refractivity contribution in [2.45, 2.75) is 0 Å². The van der Waals surface area contributed by atoms with Gasteiger partial charge in [0.05, 0.1) is 0 Å². The van der Waals surface area contributed by atoms with Crippen molar-refractivity contribution in [3.05, 3.63) is 0 Å². The molecule has 0 aliphatic heterocycles. The maximum Gasteiger partial charge on any atom is 3.00 e. The quantitative estimate of drug-likeness (QED) is 0.336. The molecule has 0 N–H and O–H groups in total. The molecule has 0 saturated heterocycles. The standard InChI is InChI=1S/3CH2O3.La.Nd/c3*2-1(3)4;;/h3*(H2,2,3,4);;/q;;;2*+3/p-6. The van der Waals surface area contributed by atoms with E-state index in [4.69, 9.17) is 45.0 Å². The molecule has 9 nitrogen and oxygen atoms in total. The normalized spacial score (nSPS) is 5.14. The van der Waals surface area contributed by atoms with Crippen LogP contribution in [0.15, 0.2) is 0 Å². The first-order chi connectivity index (χ1) is 5.20. The minimum absolute atomic E-state index is 0. The molecule has 0 bridgehead atoms. The van der Waals surface area contributed by atoms with Crippen LogP contribution in [-0.2, 0) is 0 Å². The summed E-state index contributed by atoms with van der Waals surface area (Å²) in [7, 11) is 0. The summed E-state index contributed by atoms with van der Waals surface area (Å²) in [5.74, 6) is 0. The van der Waals surface area contributed by atoms with Gasteiger partial charge in [0, 0.05) is 0 Å². The second-order valence-corrected chi connectivity index (χ2v) is 0.750. The van der Waals surface area contributed by atoms with Crippen LogP contribution >= 0.6 is 0 Å². The molecule has 0 aromatic heterocycles. The maximum atomic E-state index is 8.33. The van der Waals surface area contributed by atoms with Crippen molar-refractivity contribution >= 4 is 18.5 Å². The summed E-state index contributed by atoms with van der Waals surface area (Å²) in [6.45, 7) is 0. The van der Waals surface area contributed by atoms with Gasteiger partial charge in [-0.1, -0.05) is 0 Å². The Morgan fingerprint density at radius 3 is 0.571 bits per heavy atom. The molecule has 0 aliphatic carbocycles. The maximum absolute atomic E-state index is 8.33. The van der Waals surface area contributed by atoms with E-state index < -0.39 is 18.5 Å². The zero-order chi connectivity index (χ0) is 10.7. The zero-order valence-electron chi connectivity index (χ0n) is 6.25. The molecule has 0 aliphatic rings. The Labute approximate surface area is 138 Å². The number of rotatable bonds is 0. The van der Waals surface area contributed by atoms with E-state index in [2.05, 4.69) is 0 Å². The van der Waals surface area contributed by atoms with E-state index in [0.29, 0.717) is 0 Å². The summed E-state index contributed by atoms with van der Waals surface area (Å²) >= 11 is 0. The predicted octanol–water partition coefficient (Wildman–Crippen LogP) is -7.34. The average molecular weight is 463 g/mol. The molecule has 0 aromatic carbocycles. The third-order valence-corrected chi connectivity index (χ3v) is 0. The van der Waals surface area contributed by atoms with Gasteiger partial charge in [-0.3, -0.25) is 0 Å². The largest absolute Gasteiger partial charge is 3.00 e. The smallest absolute Gasteiger partial charge is 0.652 e. The molecule has 0 heterocycles. The average Bonchev–Trinajstić information content (AvgIpc) is 1.54. The molecule has 0 unspecified atom stereocenters. The summed E-state index contributed by atoms with van der Waals surface area (Å²) in [5, 5.41) is 50.0. The van der Waals surface area contributed by atoms with Gasteiger partial charge >= 0.3 is 76.4 Å². The van der Waals surface area contributed by atoms with Gasteiger partial charge in [0.15, 0.2) is 0 Å². The molecule has 1 radical (unpaired) electrons. The molecule has 73 valence electrons. The summed E-state index contributed by atoms with van der Waals surface area (Å²) in [5.41, 5.74) is 0. The topological polar surface area (TPSA) is 190 Å². The Morgan fingerprint density at radius 2 is 0.571 bits per heavy atom. The van der Waals surface area contributed by atoms with Crippen molar-refractivity contribution in [3.63, 3.8) is 0 Å². The fraction of sp³-hybridized carbons (Fsp3) is 0. The summed E-state index contributed by atoms with van der Waals surface area (Å²) < 4.78 is 0. The van der Waals surface area contributed by atoms with Crippen molar-refractivity contribution in [3.8, 4) is 0 Å². The molecule has 0 amide bonds. The Bertz CT molecular complexity index is 118. The zero-order valence-corrected chi connectivity index (χ0v) is 13.1. The molecular weight excluding hydrogens is 463 g/mol. The predicted molar refractivity (Wildman–Crippen MR) is 16.2 cm³/mol. The van der Waals surface area contributed by atoms with E-state index in [0.717, 1.165) is 0 Å². The first-order valence-electron chi connectivity index (χ1n) is 1.84. The molecule has 0 aromatic rings. The first-order valence-corrected chi connectivity index (χ1v) is 1.84. The van der Waals surface area contributed by atoms with E-state index in [1.54, 1.807) is 0 Å². The minimum Gasteiger partial charge on any atom is -0.652 e. The Hall–Kier alpha value is 0.355. The number of carbonyl (C=O) groups is 3. The Morgan fingerprint density at radius 1 is 0.571 bits per heavy atom. The monoisotopic (exact) mass is 461 g/mol. The van der Waals surface area contributed by atoms with Gasteiger partial charge < -0.3 is 45.0 Å². The first kappa shape index (κ1) is 29.3. The van der Waals surface area contributed by atoms with Crippen molar-refractivity contribution in [2.75, 3.05) is 0 Å². The number of carboxylic acid groups (broad SMARTS) is 6. The van der Waals surface area contributed by atoms with Gasteiger partial charge in [0.2, 0.25) is 0 Å². The van der Waals surface area contributed by atoms with Crippen LogP contribution in [0, 0.1) is 76.4 Å². The fourth-order valence-electron chi connectivity index (χ4n) is 0. The van der Waals surface area contributed by atoms with Crippen LogP contribution in [-0.4, -0.2) is 18.5 Å². The van der Waals surface area contributed by atoms with Gasteiger partial charge in [-0.25, -0.2) is 0 Å². The second kappa shape index (κ2) is 23.3. The van der Waals surface area contributed by atoms with Gasteiger partial charge in [0.25, 0.3) is 0 Å². The van der Waals surface area contributed by atoms with Crippen LogP contribution in [0.4, 0.5) is 14.4 Å². The van der Waals surface area contributed by atoms with E-state index in [1.165, 1.54) is 0 Å². The molecular formula is C3LaNdO9. The molecule has 11 heteroatoms. The Kier molecular flexibility index (Phi) is 48.7. The number of hydrogen-bond donors (Lipinski definition) is 0. The van der Waals surface area contributed by atoms with E-state index >= 15 is 0 Å². The SMILES string of the molecule is O=C([O-])[O-].O=C([O-])[O-].O=C([O-])[O-].[La+3].[Nd+3]. The van der Waals surface area contributed by atoms with Crippen LogP contribution in [0.5, 0.6) is 0 Å². The van der Waals surface area contributed by atoms with Crippen molar-refractivity contribution < 1.29 is 121 Å². The number of hydrogen-bond acceptors (Lipinski definition) is 9. The van der Waals surface area contributed by atoms with Crippen LogP contribution in [0.1, 0.15) is 0 Å². The molecule has 0 fully saturated rings. The second-order valence-electron chi connectivity index (χ2n) is 0.750. The minimum atomic E-state index is -2.33. The third kappa shape index (κ3) is 12600. The molecule has 14 heavy (non-hydrogen) atoms. The third-order valence-electron chi connectivity index (χ3n) is 0. The van der Waals surface area contributed by atoms with Gasteiger partial charge in [-0.15, -0.1) is 0 Å². The molecule has 0 rings (SSSR count). The van der Waals surface area contributed by atoms with E-state index in [9.17, 15) is 0 Å². The summed E-state index contributed by atoms with van der Waals surface area (Å²) in [4.78, 5) is 25.0. The van der Waals surface area contributed by atoms with Crippen LogP contribution in [0.3, 0.4) is 0 Å². The van der Waals surface area contributed by atoms with Gasteiger partial charge in [0.1, 0.15) is 0 Å². The van der Waals surface area contributed by atoms with Crippen molar-refractivity contribution in [2.24, 2.45) is 0 Å². The molecule has 0 saturated carbocycles.